The number of carbonyl (C=O) groups excluding carboxylic acids is 2. The van der Waals surface area contributed by atoms with Gasteiger partial charge in [-0.2, -0.15) is 0 Å². The van der Waals surface area contributed by atoms with E-state index >= 15 is 0 Å². The molecule has 0 atom stereocenters. The second-order valence-electron chi connectivity index (χ2n) is 8.40. The van der Waals surface area contributed by atoms with E-state index < -0.39 is 0 Å². The predicted octanol–water partition coefficient (Wildman–Crippen LogP) is 3.16. The number of nitrogens with one attached hydrogen (secondary N) is 1. The summed E-state index contributed by atoms with van der Waals surface area (Å²) in [4.78, 5) is 28.2. The minimum absolute atomic E-state index is 0.0188. The first-order chi connectivity index (χ1) is 15.6. The molecule has 2 aliphatic heterocycles. The number of hydrogen-bond acceptors (Lipinski definition) is 5. The number of ether oxygens (including phenoxy) is 2. The molecule has 0 spiro atoms. The van der Waals surface area contributed by atoms with Crippen LogP contribution in [0.25, 0.3) is 0 Å². The summed E-state index contributed by atoms with van der Waals surface area (Å²) >= 11 is 0. The van der Waals surface area contributed by atoms with Crippen molar-refractivity contribution in [1.29, 1.82) is 0 Å². The minimum atomic E-state index is -0.127. The molecular weight excluding hydrogens is 406 g/mol. The molecule has 7 nitrogen and oxygen atoms in total. The van der Waals surface area contributed by atoms with Gasteiger partial charge in [0.2, 0.25) is 5.91 Å². The first kappa shape index (κ1) is 22.3. The van der Waals surface area contributed by atoms with Crippen molar-refractivity contribution in [3.63, 3.8) is 0 Å². The van der Waals surface area contributed by atoms with Crippen LogP contribution in [0.3, 0.4) is 0 Å². The summed E-state index contributed by atoms with van der Waals surface area (Å²) < 4.78 is 11.7. The first-order valence-corrected chi connectivity index (χ1v) is 11.3. The average Bonchev–Trinajstić information content (AvgIpc) is 2.80. The summed E-state index contributed by atoms with van der Waals surface area (Å²) in [6.07, 6.45) is 1.73. The highest BCUT2D eigenvalue weighted by atomic mass is 16.5. The number of anilines is 1. The number of piperidine rings is 1. The van der Waals surface area contributed by atoms with Crippen LogP contribution in [0, 0.1) is 0 Å². The summed E-state index contributed by atoms with van der Waals surface area (Å²) in [6, 6.07) is 15.4. The summed E-state index contributed by atoms with van der Waals surface area (Å²) in [5, 5.41) is 2.72. The van der Waals surface area contributed by atoms with E-state index in [0.717, 1.165) is 51.4 Å². The highest BCUT2D eigenvalue weighted by molar-refractivity contribution is 5.95. The van der Waals surface area contributed by atoms with Crippen molar-refractivity contribution in [2.45, 2.75) is 32.4 Å². The Hall–Kier alpha value is -2.90. The molecule has 2 heterocycles. The van der Waals surface area contributed by atoms with E-state index in [1.54, 1.807) is 24.3 Å². The van der Waals surface area contributed by atoms with Crippen LogP contribution in [0.4, 0.5) is 5.69 Å². The number of hydrogen-bond donors (Lipinski definition) is 1. The summed E-state index contributed by atoms with van der Waals surface area (Å²) in [6.45, 7) is 7.25. The number of morpholine rings is 1. The van der Waals surface area contributed by atoms with Crippen LogP contribution in [0.15, 0.2) is 48.5 Å². The molecule has 2 saturated heterocycles. The average molecular weight is 438 g/mol. The molecule has 0 aromatic heterocycles. The Bertz CT molecular complexity index is 917. The zero-order valence-electron chi connectivity index (χ0n) is 18.6. The molecular formula is C25H31N3O4. The van der Waals surface area contributed by atoms with Crippen molar-refractivity contribution in [1.82, 2.24) is 9.80 Å². The van der Waals surface area contributed by atoms with E-state index in [0.29, 0.717) is 24.3 Å². The standard InChI is InChI=1S/C25H31N3O4/c1-19(29)26-22-7-5-21(6-8-22)25(30)28-11-9-23(10-12-28)32-24-4-2-3-20(17-24)18-27-13-15-31-16-14-27/h2-8,17,23H,9-16,18H2,1H3,(H,26,29). The zero-order valence-corrected chi connectivity index (χ0v) is 18.6. The maximum Gasteiger partial charge on any atom is 0.253 e. The van der Waals surface area contributed by atoms with Gasteiger partial charge < -0.3 is 19.7 Å². The van der Waals surface area contributed by atoms with E-state index in [9.17, 15) is 9.59 Å². The molecule has 4 rings (SSSR count). The van der Waals surface area contributed by atoms with Gasteiger partial charge in [-0.3, -0.25) is 14.5 Å². The molecule has 0 radical (unpaired) electrons. The Morgan fingerprint density at radius 2 is 1.75 bits per heavy atom. The van der Waals surface area contributed by atoms with Crippen LogP contribution in [-0.4, -0.2) is 67.1 Å². The number of benzene rings is 2. The first-order valence-electron chi connectivity index (χ1n) is 11.3. The van der Waals surface area contributed by atoms with Gasteiger partial charge in [-0.1, -0.05) is 12.1 Å². The largest absolute Gasteiger partial charge is 0.490 e. The Kier molecular flexibility index (Phi) is 7.39. The fraction of sp³-hybridized carbons (Fsp3) is 0.440. The molecule has 32 heavy (non-hydrogen) atoms. The lowest BCUT2D eigenvalue weighted by atomic mass is 10.1. The molecule has 170 valence electrons. The third kappa shape index (κ3) is 6.08. The maximum atomic E-state index is 12.8. The van der Waals surface area contributed by atoms with E-state index in [1.807, 2.05) is 17.0 Å². The second-order valence-corrected chi connectivity index (χ2v) is 8.40. The monoisotopic (exact) mass is 437 g/mol. The summed E-state index contributed by atoms with van der Waals surface area (Å²) in [7, 11) is 0. The van der Waals surface area contributed by atoms with Gasteiger partial charge in [0.15, 0.2) is 0 Å². The van der Waals surface area contributed by atoms with E-state index in [2.05, 4.69) is 22.3 Å². The molecule has 0 bridgehead atoms. The Morgan fingerprint density at radius 3 is 2.44 bits per heavy atom. The number of likely N-dealkylation sites (tertiary alicyclic amines) is 1. The van der Waals surface area contributed by atoms with Gasteiger partial charge >= 0.3 is 0 Å². The SMILES string of the molecule is CC(=O)Nc1ccc(C(=O)N2CCC(Oc3cccc(CN4CCOCC4)c3)CC2)cc1. The predicted molar refractivity (Wildman–Crippen MR) is 123 cm³/mol. The number of rotatable bonds is 6. The van der Waals surface area contributed by atoms with Gasteiger partial charge in [-0.25, -0.2) is 0 Å². The van der Waals surface area contributed by atoms with Crippen LogP contribution in [0.1, 0.15) is 35.7 Å². The van der Waals surface area contributed by atoms with Gasteiger partial charge in [0.05, 0.1) is 13.2 Å². The molecule has 0 aliphatic carbocycles. The van der Waals surface area contributed by atoms with E-state index in [-0.39, 0.29) is 17.9 Å². The quantitative estimate of drug-likeness (QED) is 0.752. The maximum absolute atomic E-state index is 12.8. The Balaban J connectivity index is 1.27. The fourth-order valence-corrected chi connectivity index (χ4v) is 4.19. The number of nitrogens with zero attached hydrogens (tertiary/aromatic N) is 2. The van der Waals surface area contributed by atoms with Crippen molar-refractivity contribution in [3.05, 3.63) is 59.7 Å². The second kappa shape index (κ2) is 10.6. The molecule has 2 fully saturated rings. The molecule has 2 aromatic carbocycles. The van der Waals surface area contributed by atoms with Crippen LogP contribution in [0.2, 0.25) is 0 Å². The highest BCUT2D eigenvalue weighted by Crippen LogP contribution is 2.22. The Morgan fingerprint density at radius 1 is 1.03 bits per heavy atom. The number of amides is 2. The molecule has 1 N–H and O–H groups in total. The fourth-order valence-electron chi connectivity index (χ4n) is 4.19. The molecule has 2 aliphatic rings. The number of carbonyl (C=O) groups is 2. The van der Waals surface area contributed by atoms with Crippen molar-refractivity contribution in [2.75, 3.05) is 44.7 Å². The third-order valence-corrected chi connectivity index (χ3v) is 5.89. The van der Waals surface area contributed by atoms with Crippen molar-refractivity contribution >= 4 is 17.5 Å². The van der Waals surface area contributed by atoms with Gasteiger partial charge in [0, 0.05) is 63.7 Å². The molecule has 0 saturated carbocycles. The van der Waals surface area contributed by atoms with E-state index in [4.69, 9.17) is 9.47 Å². The van der Waals surface area contributed by atoms with Gasteiger partial charge in [0.1, 0.15) is 11.9 Å². The molecule has 7 heteroatoms. The zero-order chi connectivity index (χ0) is 22.3. The lowest BCUT2D eigenvalue weighted by Gasteiger charge is -2.32. The van der Waals surface area contributed by atoms with Crippen molar-refractivity contribution < 1.29 is 19.1 Å². The normalized spacial score (nSPS) is 17.7. The van der Waals surface area contributed by atoms with Crippen LogP contribution >= 0.6 is 0 Å². The molecule has 2 aromatic rings. The Labute approximate surface area is 189 Å². The molecule has 2 amide bonds. The van der Waals surface area contributed by atoms with E-state index in [1.165, 1.54) is 12.5 Å². The lowest BCUT2D eigenvalue weighted by molar-refractivity contribution is -0.114. The topological polar surface area (TPSA) is 71.1 Å². The van der Waals surface area contributed by atoms with Gasteiger partial charge in [-0.15, -0.1) is 0 Å². The third-order valence-electron chi connectivity index (χ3n) is 5.89. The van der Waals surface area contributed by atoms with Gasteiger partial charge in [-0.05, 0) is 42.0 Å². The van der Waals surface area contributed by atoms with Gasteiger partial charge in [0.25, 0.3) is 5.91 Å². The smallest absolute Gasteiger partial charge is 0.253 e. The lowest BCUT2D eigenvalue weighted by Crippen LogP contribution is -2.41. The van der Waals surface area contributed by atoms with Crippen molar-refractivity contribution in [3.8, 4) is 5.75 Å². The van der Waals surface area contributed by atoms with Crippen LogP contribution in [0.5, 0.6) is 5.75 Å². The van der Waals surface area contributed by atoms with Crippen LogP contribution in [-0.2, 0) is 16.1 Å². The van der Waals surface area contributed by atoms with Crippen LogP contribution < -0.4 is 10.1 Å². The highest BCUT2D eigenvalue weighted by Gasteiger charge is 2.25. The minimum Gasteiger partial charge on any atom is -0.490 e. The summed E-state index contributed by atoms with van der Waals surface area (Å²) in [5.41, 5.74) is 2.58. The van der Waals surface area contributed by atoms with Crippen molar-refractivity contribution in [2.24, 2.45) is 0 Å². The summed E-state index contributed by atoms with van der Waals surface area (Å²) in [5.74, 6) is 0.789. The molecule has 0 unspecified atom stereocenters.